The van der Waals surface area contributed by atoms with Gasteiger partial charge in [0.05, 0.1) is 15.9 Å². The maximum Gasteiger partial charge on any atom is 0.123 e. The average molecular weight is 354 g/mol. The van der Waals surface area contributed by atoms with Gasteiger partial charge >= 0.3 is 0 Å². The smallest absolute Gasteiger partial charge is 0.123 e. The number of benzene rings is 1. The van der Waals surface area contributed by atoms with Crippen LogP contribution in [0.3, 0.4) is 0 Å². The topological polar surface area (TPSA) is 29.9 Å². The zero-order valence-electron chi connectivity index (χ0n) is 12.7. The molecular weight excluding hydrogens is 333 g/mol. The molecule has 0 saturated heterocycles. The first-order chi connectivity index (χ1) is 10.1. The van der Waals surface area contributed by atoms with Gasteiger partial charge in [0.25, 0.3) is 0 Å². The predicted octanol–water partition coefficient (Wildman–Crippen LogP) is 4.22. The van der Waals surface area contributed by atoms with Crippen LogP contribution in [0.2, 0.25) is 0 Å². The fraction of sp³-hybridized carbons (Fsp3) is 0.438. The van der Waals surface area contributed by atoms with Crippen LogP contribution in [0.25, 0.3) is 0 Å². The molecule has 0 aliphatic heterocycles. The molecule has 0 unspecified atom stereocenters. The number of hydrogen-bond acceptors (Lipinski definition) is 2. The van der Waals surface area contributed by atoms with Gasteiger partial charge in [0.1, 0.15) is 5.82 Å². The Balaban J connectivity index is 2.09. The Bertz CT molecular complexity index is 592. The van der Waals surface area contributed by atoms with Gasteiger partial charge in [0, 0.05) is 19.1 Å². The lowest BCUT2D eigenvalue weighted by molar-refractivity contribution is 0.528. The summed E-state index contributed by atoms with van der Waals surface area (Å²) < 4.78 is 16.1. The number of nitrogens with one attached hydrogen (secondary N) is 1. The van der Waals surface area contributed by atoms with E-state index in [1.807, 2.05) is 16.8 Å². The first-order valence-electron chi connectivity index (χ1n) is 7.29. The summed E-state index contributed by atoms with van der Waals surface area (Å²) in [5, 5.41) is 8.06. The van der Waals surface area contributed by atoms with Gasteiger partial charge in [-0.15, -0.1) is 0 Å². The predicted molar refractivity (Wildman–Crippen MR) is 86.6 cm³/mol. The molecule has 5 heteroatoms. The van der Waals surface area contributed by atoms with Crippen LogP contribution in [-0.4, -0.2) is 9.78 Å². The number of aromatic nitrogens is 2. The second kappa shape index (κ2) is 7.18. The summed E-state index contributed by atoms with van der Waals surface area (Å²) in [5.74, 6) is -0.203. The Kier molecular flexibility index (Phi) is 5.53. The van der Waals surface area contributed by atoms with E-state index in [0.717, 1.165) is 40.9 Å². The Morgan fingerprint density at radius 2 is 1.95 bits per heavy atom. The number of hydrogen-bond donors (Lipinski definition) is 1. The number of nitrogens with zero attached hydrogens (tertiary/aromatic N) is 2. The number of halogens is 2. The monoisotopic (exact) mass is 353 g/mol. The van der Waals surface area contributed by atoms with Gasteiger partial charge < -0.3 is 5.32 Å². The van der Waals surface area contributed by atoms with Crippen molar-refractivity contribution in [1.82, 2.24) is 15.1 Å². The molecule has 3 nitrogen and oxygen atoms in total. The first kappa shape index (κ1) is 16.2. The van der Waals surface area contributed by atoms with Crippen LogP contribution in [-0.2, 0) is 19.5 Å². The molecule has 0 radical (unpaired) electrons. The fourth-order valence-electron chi connectivity index (χ4n) is 2.31. The van der Waals surface area contributed by atoms with Crippen LogP contribution in [0.15, 0.2) is 28.7 Å². The molecule has 0 aliphatic carbocycles. The lowest BCUT2D eigenvalue weighted by atomic mass is 10.1. The van der Waals surface area contributed by atoms with Gasteiger partial charge in [-0.05, 0) is 53.9 Å². The Morgan fingerprint density at radius 3 is 2.52 bits per heavy atom. The summed E-state index contributed by atoms with van der Waals surface area (Å²) in [5.41, 5.74) is 3.32. The summed E-state index contributed by atoms with van der Waals surface area (Å²) in [4.78, 5) is 0. The van der Waals surface area contributed by atoms with Crippen molar-refractivity contribution < 1.29 is 4.39 Å². The SMILES string of the molecule is CCc1nn(CC)c(CN[C@H](C)c2ccc(F)cc2)c1Br. The third-order valence-electron chi connectivity index (χ3n) is 3.64. The lowest BCUT2D eigenvalue weighted by Gasteiger charge is -2.15. The molecule has 0 amide bonds. The van der Waals surface area contributed by atoms with Crippen molar-refractivity contribution in [2.45, 2.75) is 46.3 Å². The van der Waals surface area contributed by atoms with E-state index in [2.05, 4.69) is 47.1 Å². The normalized spacial score (nSPS) is 12.6. The molecule has 0 spiro atoms. The minimum absolute atomic E-state index is 0.155. The Labute approximate surface area is 133 Å². The van der Waals surface area contributed by atoms with Crippen molar-refractivity contribution >= 4 is 15.9 Å². The maximum absolute atomic E-state index is 13.0. The van der Waals surface area contributed by atoms with E-state index < -0.39 is 0 Å². The summed E-state index contributed by atoms with van der Waals surface area (Å²) in [6.07, 6.45) is 0.911. The van der Waals surface area contributed by atoms with E-state index >= 15 is 0 Å². The van der Waals surface area contributed by atoms with E-state index in [1.54, 1.807) is 0 Å². The highest BCUT2D eigenvalue weighted by atomic mass is 79.9. The molecule has 1 N–H and O–H groups in total. The quantitative estimate of drug-likeness (QED) is 0.842. The van der Waals surface area contributed by atoms with Crippen LogP contribution in [0.4, 0.5) is 4.39 Å². The molecule has 0 aliphatic rings. The summed E-state index contributed by atoms with van der Waals surface area (Å²) in [6, 6.07) is 6.78. The highest BCUT2D eigenvalue weighted by Crippen LogP contribution is 2.23. The molecule has 21 heavy (non-hydrogen) atoms. The van der Waals surface area contributed by atoms with Gasteiger partial charge in [-0.3, -0.25) is 4.68 Å². The number of aryl methyl sites for hydroxylation is 2. The maximum atomic E-state index is 13.0. The van der Waals surface area contributed by atoms with Gasteiger partial charge in [0.15, 0.2) is 0 Å². The minimum atomic E-state index is -0.203. The average Bonchev–Trinajstić information content (AvgIpc) is 2.81. The fourth-order valence-corrected chi connectivity index (χ4v) is 3.01. The molecule has 1 aromatic carbocycles. The van der Waals surface area contributed by atoms with Gasteiger partial charge in [0.2, 0.25) is 0 Å². The van der Waals surface area contributed by atoms with E-state index in [0.29, 0.717) is 0 Å². The highest BCUT2D eigenvalue weighted by Gasteiger charge is 2.14. The summed E-state index contributed by atoms with van der Waals surface area (Å²) in [6.45, 7) is 7.84. The highest BCUT2D eigenvalue weighted by molar-refractivity contribution is 9.10. The summed E-state index contributed by atoms with van der Waals surface area (Å²) in [7, 11) is 0. The molecule has 0 fully saturated rings. The van der Waals surface area contributed by atoms with Crippen LogP contribution < -0.4 is 5.32 Å². The zero-order chi connectivity index (χ0) is 15.4. The van der Waals surface area contributed by atoms with Crippen molar-refractivity contribution in [2.24, 2.45) is 0 Å². The second-order valence-corrected chi connectivity index (χ2v) is 5.82. The third-order valence-corrected chi connectivity index (χ3v) is 4.56. The van der Waals surface area contributed by atoms with Gasteiger partial charge in [-0.25, -0.2) is 4.39 Å². The molecule has 0 saturated carbocycles. The van der Waals surface area contributed by atoms with Crippen molar-refractivity contribution in [3.63, 3.8) is 0 Å². The van der Waals surface area contributed by atoms with Gasteiger partial charge in [-0.1, -0.05) is 19.1 Å². The molecule has 2 aromatic rings. The minimum Gasteiger partial charge on any atom is -0.305 e. The molecule has 1 atom stereocenters. The van der Waals surface area contributed by atoms with Crippen molar-refractivity contribution in [2.75, 3.05) is 0 Å². The standard InChI is InChI=1S/C16H21BrFN3/c1-4-14-16(17)15(21(5-2)20-14)10-19-11(3)12-6-8-13(18)9-7-12/h6-9,11,19H,4-5,10H2,1-3H3/t11-/m1/s1. The van der Waals surface area contributed by atoms with Crippen molar-refractivity contribution in [1.29, 1.82) is 0 Å². The Hall–Kier alpha value is -1.20. The lowest BCUT2D eigenvalue weighted by Crippen LogP contribution is -2.20. The second-order valence-electron chi connectivity index (χ2n) is 5.03. The van der Waals surface area contributed by atoms with Crippen LogP contribution in [0, 0.1) is 5.82 Å². The van der Waals surface area contributed by atoms with E-state index in [-0.39, 0.29) is 11.9 Å². The first-order valence-corrected chi connectivity index (χ1v) is 8.09. The van der Waals surface area contributed by atoms with Crippen LogP contribution in [0.1, 0.15) is 43.8 Å². The molecule has 1 aromatic heterocycles. The Morgan fingerprint density at radius 1 is 1.29 bits per heavy atom. The van der Waals surface area contributed by atoms with Crippen molar-refractivity contribution in [3.8, 4) is 0 Å². The van der Waals surface area contributed by atoms with Crippen LogP contribution >= 0.6 is 15.9 Å². The van der Waals surface area contributed by atoms with E-state index in [9.17, 15) is 4.39 Å². The molecule has 114 valence electrons. The van der Waals surface area contributed by atoms with Crippen LogP contribution in [0.5, 0.6) is 0 Å². The number of rotatable bonds is 6. The molecule has 2 rings (SSSR count). The molecular formula is C16H21BrFN3. The van der Waals surface area contributed by atoms with Gasteiger partial charge in [-0.2, -0.15) is 5.10 Å². The molecule has 0 bridgehead atoms. The summed E-state index contributed by atoms with van der Waals surface area (Å²) >= 11 is 3.65. The third kappa shape index (κ3) is 3.71. The van der Waals surface area contributed by atoms with E-state index in [4.69, 9.17) is 0 Å². The largest absolute Gasteiger partial charge is 0.305 e. The molecule has 1 heterocycles. The zero-order valence-corrected chi connectivity index (χ0v) is 14.2. The van der Waals surface area contributed by atoms with E-state index in [1.165, 1.54) is 12.1 Å². The van der Waals surface area contributed by atoms with Crippen molar-refractivity contribution in [3.05, 3.63) is 51.5 Å².